The first-order valence-electron chi connectivity index (χ1n) is 7.52. The van der Waals surface area contributed by atoms with Crippen LogP contribution in [0.5, 0.6) is 0 Å². The Kier molecular flexibility index (Phi) is 3.53. The summed E-state index contributed by atoms with van der Waals surface area (Å²) in [5.74, 6) is -0.145. The number of nitrogens with zero attached hydrogens (tertiary/aromatic N) is 2. The monoisotopic (exact) mass is 325 g/mol. The highest BCUT2D eigenvalue weighted by molar-refractivity contribution is 8.15. The van der Waals surface area contributed by atoms with E-state index in [1.54, 1.807) is 4.90 Å². The van der Waals surface area contributed by atoms with E-state index in [1.165, 1.54) is 11.8 Å². The Hall–Kier alpha value is -2.34. The minimum Gasteiger partial charge on any atom is -0.325 e. The second-order valence-electron chi connectivity index (χ2n) is 5.54. The Bertz CT molecular complexity index is 828. The van der Waals surface area contributed by atoms with Gasteiger partial charge >= 0.3 is 0 Å². The summed E-state index contributed by atoms with van der Waals surface area (Å²) in [5, 5.41) is 5.41. The summed E-state index contributed by atoms with van der Waals surface area (Å²) in [6.07, 6.45) is 0.169. The van der Waals surface area contributed by atoms with Gasteiger partial charge in [-0.25, -0.2) is 0 Å². The van der Waals surface area contributed by atoms with Gasteiger partial charge in [-0.15, -0.1) is 0 Å². The van der Waals surface area contributed by atoms with Crippen molar-refractivity contribution in [3.05, 3.63) is 42.5 Å². The Balaban J connectivity index is 1.49. The van der Waals surface area contributed by atoms with E-state index in [0.29, 0.717) is 13.1 Å². The fourth-order valence-electron chi connectivity index (χ4n) is 2.92. The maximum absolute atomic E-state index is 12.3. The Labute approximate surface area is 137 Å². The van der Waals surface area contributed by atoms with Gasteiger partial charge in [-0.05, 0) is 11.5 Å². The van der Waals surface area contributed by atoms with Gasteiger partial charge in [0.15, 0.2) is 5.17 Å². The average Bonchev–Trinajstić information content (AvgIpc) is 3.12. The molecule has 1 atom stereocenters. The van der Waals surface area contributed by atoms with Crippen LogP contribution in [-0.2, 0) is 9.59 Å². The number of carbonyl (C=O) groups is 2. The minimum atomic E-state index is -0.357. The predicted molar refractivity (Wildman–Crippen MR) is 92.6 cm³/mol. The number of rotatable bonds is 3. The molecule has 116 valence electrons. The number of carbonyl (C=O) groups excluding carboxylic acids is 2. The van der Waals surface area contributed by atoms with E-state index >= 15 is 0 Å². The van der Waals surface area contributed by atoms with Crippen LogP contribution in [0.25, 0.3) is 10.8 Å². The van der Waals surface area contributed by atoms with Crippen LogP contribution in [0.15, 0.2) is 47.5 Å². The third-order valence-electron chi connectivity index (χ3n) is 4.03. The molecule has 0 radical (unpaired) electrons. The molecule has 2 aliphatic rings. The van der Waals surface area contributed by atoms with Gasteiger partial charge in [0.2, 0.25) is 11.8 Å². The number of anilines is 1. The Morgan fingerprint density at radius 3 is 2.96 bits per heavy atom. The zero-order chi connectivity index (χ0) is 15.8. The third-order valence-corrected chi connectivity index (χ3v) is 5.24. The van der Waals surface area contributed by atoms with Crippen LogP contribution < -0.4 is 5.32 Å². The van der Waals surface area contributed by atoms with Gasteiger partial charge in [-0.2, -0.15) is 0 Å². The first kappa shape index (κ1) is 14.3. The molecule has 0 aliphatic carbocycles. The maximum Gasteiger partial charge on any atom is 0.242 e. The standard InChI is InChI=1S/C17H15N3O2S/c21-15(10-14-16(22)20-9-8-18-17(20)23-14)19-13-7-3-5-11-4-1-2-6-12(11)13/h1-7,14H,8-10H2,(H,19,21). The largest absolute Gasteiger partial charge is 0.325 e. The van der Waals surface area contributed by atoms with Crippen LogP contribution in [0.4, 0.5) is 5.69 Å². The van der Waals surface area contributed by atoms with E-state index in [-0.39, 0.29) is 23.5 Å². The molecule has 1 N–H and O–H groups in total. The van der Waals surface area contributed by atoms with Crippen molar-refractivity contribution < 1.29 is 9.59 Å². The van der Waals surface area contributed by atoms with Gasteiger partial charge in [0.05, 0.1) is 6.54 Å². The molecule has 6 heteroatoms. The number of amides is 2. The van der Waals surface area contributed by atoms with Crippen molar-refractivity contribution in [3.63, 3.8) is 0 Å². The second-order valence-corrected chi connectivity index (χ2v) is 6.71. The number of fused-ring (bicyclic) bond motifs is 2. The van der Waals surface area contributed by atoms with Gasteiger partial charge in [-0.1, -0.05) is 48.2 Å². The van der Waals surface area contributed by atoms with Crippen LogP contribution >= 0.6 is 11.8 Å². The van der Waals surface area contributed by atoms with Gasteiger partial charge in [0.25, 0.3) is 0 Å². The van der Waals surface area contributed by atoms with Crippen molar-refractivity contribution in [1.82, 2.24) is 4.90 Å². The lowest BCUT2D eigenvalue weighted by atomic mass is 10.1. The zero-order valence-corrected chi connectivity index (χ0v) is 13.2. The van der Waals surface area contributed by atoms with Gasteiger partial charge < -0.3 is 5.32 Å². The van der Waals surface area contributed by atoms with Crippen LogP contribution in [0, 0.1) is 0 Å². The highest BCUT2D eigenvalue weighted by atomic mass is 32.2. The van der Waals surface area contributed by atoms with Crippen molar-refractivity contribution in [2.75, 3.05) is 18.4 Å². The Morgan fingerprint density at radius 2 is 2.09 bits per heavy atom. The number of benzene rings is 2. The molecule has 2 aromatic rings. The molecule has 2 aromatic carbocycles. The molecule has 4 rings (SSSR count). The molecule has 5 nitrogen and oxygen atoms in total. The van der Waals surface area contributed by atoms with Gasteiger partial charge in [0, 0.05) is 24.0 Å². The molecule has 1 fully saturated rings. The lowest BCUT2D eigenvalue weighted by Gasteiger charge is -2.11. The van der Waals surface area contributed by atoms with Crippen molar-refractivity contribution in [1.29, 1.82) is 0 Å². The summed E-state index contributed by atoms with van der Waals surface area (Å²) in [5.41, 5.74) is 0.779. The molecule has 2 aliphatic heterocycles. The molecule has 0 aromatic heterocycles. The number of nitrogens with one attached hydrogen (secondary N) is 1. The van der Waals surface area contributed by atoms with Crippen molar-refractivity contribution in [3.8, 4) is 0 Å². The third kappa shape index (κ3) is 2.59. The normalized spacial score (nSPS) is 19.8. The molecule has 0 bridgehead atoms. The molecule has 0 spiro atoms. The molecule has 2 amide bonds. The fraction of sp³-hybridized carbons (Fsp3) is 0.235. The lowest BCUT2D eigenvalue weighted by molar-refractivity contribution is -0.127. The van der Waals surface area contributed by atoms with Crippen LogP contribution in [0.1, 0.15) is 6.42 Å². The number of amidine groups is 1. The summed E-state index contributed by atoms with van der Waals surface area (Å²) in [7, 11) is 0. The van der Waals surface area contributed by atoms with E-state index in [0.717, 1.165) is 21.6 Å². The number of hydrogen-bond donors (Lipinski definition) is 1. The number of hydrogen-bond acceptors (Lipinski definition) is 4. The molecule has 2 heterocycles. The molecule has 1 unspecified atom stereocenters. The van der Waals surface area contributed by atoms with Crippen LogP contribution in [0.3, 0.4) is 0 Å². The first-order valence-corrected chi connectivity index (χ1v) is 8.40. The number of thioether (sulfide) groups is 1. The molecule has 23 heavy (non-hydrogen) atoms. The smallest absolute Gasteiger partial charge is 0.242 e. The summed E-state index contributed by atoms with van der Waals surface area (Å²) in [4.78, 5) is 30.5. The fourth-order valence-corrected chi connectivity index (χ4v) is 4.11. The molecular weight excluding hydrogens is 310 g/mol. The Morgan fingerprint density at radius 1 is 1.26 bits per heavy atom. The van der Waals surface area contributed by atoms with Crippen LogP contribution in [-0.4, -0.2) is 40.2 Å². The van der Waals surface area contributed by atoms with Crippen LogP contribution in [0.2, 0.25) is 0 Å². The van der Waals surface area contributed by atoms with E-state index in [9.17, 15) is 9.59 Å². The zero-order valence-electron chi connectivity index (χ0n) is 12.4. The summed E-state index contributed by atoms with van der Waals surface area (Å²) < 4.78 is 0. The first-order chi connectivity index (χ1) is 11.2. The minimum absolute atomic E-state index is 0.000630. The summed E-state index contributed by atoms with van der Waals surface area (Å²) in [6.45, 7) is 1.31. The summed E-state index contributed by atoms with van der Waals surface area (Å²) >= 11 is 1.40. The second kappa shape index (κ2) is 5.70. The molecule has 1 saturated heterocycles. The average molecular weight is 325 g/mol. The van der Waals surface area contributed by atoms with Gasteiger partial charge in [-0.3, -0.25) is 19.5 Å². The highest BCUT2D eigenvalue weighted by Gasteiger charge is 2.40. The van der Waals surface area contributed by atoms with Crippen molar-refractivity contribution >= 4 is 45.2 Å². The highest BCUT2D eigenvalue weighted by Crippen LogP contribution is 2.32. The lowest BCUT2D eigenvalue weighted by Crippen LogP contribution is -2.32. The van der Waals surface area contributed by atoms with Gasteiger partial charge in [0.1, 0.15) is 5.25 Å². The van der Waals surface area contributed by atoms with E-state index in [4.69, 9.17) is 0 Å². The molecule has 0 saturated carbocycles. The SMILES string of the molecule is O=C(CC1SC2=NCCN2C1=O)Nc1cccc2ccccc12. The van der Waals surface area contributed by atoms with Crippen molar-refractivity contribution in [2.45, 2.75) is 11.7 Å². The predicted octanol–water partition coefficient (Wildman–Crippen LogP) is 2.48. The quantitative estimate of drug-likeness (QED) is 0.943. The topological polar surface area (TPSA) is 61.8 Å². The van der Waals surface area contributed by atoms with E-state index in [1.807, 2.05) is 42.5 Å². The molecular formula is C17H15N3O2S. The van der Waals surface area contributed by atoms with E-state index < -0.39 is 0 Å². The maximum atomic E-state index is 12.3. The van der Waals surface area contributed by atoms with Crippen molar-refractivity contribution in [2.24, 2.45) is 4.99 Å². The number of aliphatic imine (C=N–C) groups is 1. The van der Waals surface area contributed by atoms with E-state index in [2.05, 4.69) is 10.3 Å². The summed E-state index contributed by atoms with van der Waals surface area (Å²) in [6, 6.07) is 13.7.